The van der Waals surface area contributed by atoms with Gasteiger partial charge in [-0.3, -0.25) is 4.90 Å². The summed E-state index contributed by atoms with van der Waals surface area (Å²) in [6.45, 7) is 6.82. The maximum absolute atomic E-state index is 13.3. The zero-order chi connectivity index (χ0) is 12.4. The van der Waals surface area contributed by atoms with Crippen molar-refractivity contribution >= 4 is 0 Å². The number of nitrogens with two attached hydrogens (primary N) is 1. The van der Waals surface area contributed by atoms with Gasteiger partial charge in [0.15, 0.2) is 0 Å². The lowest BCUT2D eigenvalue weighted by atomic mass is 9.93. The lowest BCUT2D eigenvalue weighted by Crippen LogP contribution is -2.28. The molecule has 0 aromatic heterocycles. The molecule has 0 bridgehead atoms. The van der Waals surface area contributed by atoms with Crippen LogP contribution in [0.5, 0.6) is 0 Å². The standard InChI is InChI=1S/C14H21FN2/c1-3-17-7-6-12(9-16)14(17)11-4-5-13(15)10(2)8-11/h4-5,8,12,14H,3,6-7,9,16H2,1-2H3. The highest BCUT2D eigenvalue weighted by Crippen LogP contribution is 2.36. The number of nitrogens with zero attached hydrogens (tertiary/aromatic N) is 1. The molecule has 1 aromatic rings. The number of rotatable bonds is 3. The second-order valence-corrected chi connectivity index (χ2v) is 4.87. The number of benzene rings is 1. The third-order valence-electron chi connectivity index (χ3n) is 3.86. The summed E-state index contributed by atoms with van der Waals surface area (Å²) in [5.74, 6) is 0.374. The third-order valence-corrected chi connectivity index (χ3v) is 3.86. The van der Waals surface area contributed by atoms with E-state index in [4.69, 9.17) is 5.73 Å². The van der Waals surface area contributed by atoms with E-state index in [0.717, 1.165) is 25.1 Å². The minimum absolute atomic E-state index is 0.126. The Hall–Kier alpha value is -0.930. The van der Waals surface area contributed by atoms with Gasteiger partial charge in [0.2, 0.25) is 0 Å². The van der Waals surface area contributed by atoms with E-state index in [1.807, 2.05) is 19.1 Å². The summed E-state index contributed by atoms with van der Waals surface area (Å²) in [6, 6.07) is 5.81. The molecule has 2 N–H and O–H groups in total. The predicted molar refractivity (Wildman–Crippen MR) is 68.3 cm³/mol. The van der Waals surface area contributed by atoms with Crippen molar-refractivity contribution in [3.05, 3.63) is 35.1 Å². The van der Waals surface area contributed by atoms with Crippen LogP contribution in [0.3, 0.4) is 0 Å². The van der Waals surface area contributed by atoms with Gasteiger partial charge in [-0.1, -0.05) is 19.1 Å². The van der Waals surface area contributed by atoms with Crippen molar-refractivity contribution in [1.29, 1.82) is 0 Å². The first-order chi connectivity index (χ1) is 8.17. The van der Waals surface area contributed by atoms with Crippen molar-refractivity contribution in [3.8, 4) is 0 Å². The highest BCUT2D eigenvalue weighted by atomic mass is 19.1. The van der Waals surface area contributed by atoms with E-state index in [1.165, 1.54) is 5.56 Å². The number of hydrogen-bond donors (Lipinski definition) is 1. The van der Waals surface area contributed by atoms with Crippen molar-refractivity contribution in [2.24, 2.45) is 11.7 Å². The summed E-state index contributed by atoms with van der Waals surface area (Å²) >= 11 is 0. The predicted octanol–water partition coefficient (Wildman–Crippen LogP) is 2.48. The Balaban J connectivity index is 2.31. The molecule has 1 saturated heterocycles. The second kappa shape index (κ2) is 5.15. The molecule has 2 rings (SSSR count). The highest BCUT2D eigenvalue weighted by Gasteiger charge is 2.33. The quantitative estimate of drug-likeness (QED) is 0.873. The lowest BCUT2D eigenvalue weighted by Gasteiger charge is -2.27. The fourth-order valence-corrected chi connectivity index (χ4v) is 2.86. The minimum Gasteiger partial charge on any atom is -0.330 e. The van der Waals surface area contributed by atoms with Gasteiger partial charge < -0.3 is 5.73 Å². The SMILES string of the molecule is CCN1CCC(CN)C1c1ccc(F)c(C)c1. The number of aryl methyl sites for hydroxylation is 1. The van der Waals surface area contributed by atoms with E-state index in [0.29, 0.717) is 18.5 Å². The summed E-state index contributed by atoms with van der Waals surface area (Å²) in [4.78, 5) is 2.43. The number of likely N-dealkylation sites (tertiary alicyclic amines) is 1. The number of halogens is 1. The summed E-state index contributed by atoms with van der Waals surface area (Å²) < 4.78 is 13.3. The fourth-order valence-electron chi connectivity index (χ4n) is 2.86. The molecule has 2 atom stereocenters. The van der Waals surface area contributed by atoms with E-state index < -0.39 is 0 Å². The minimum atomic E-state index is -0.126. The average Bonchev–Trinajstić information content (AvgIpc) is 2.75. The van der Waals surface area contributed by atoms with E-state index in [9.17, 15) is 4.39 Å². The van der Waals surface area contributed by atoms with Crippen molar-refractivity contribution in [1.82, 2.24) is 4.90 Å². The first-order valence-electron chi connectivity index (χ1n) is 6.37. The van der Waals surface area contributed by atoms with Gasteiger partial charge in [0.25, 0.3) is 0 Å². The molecule has 0 radical (unpaired) electrons. The van der Waals surface area contributed by atoms with E-state index in [1.54, 1.807) is 6.07 Å². The highest BCUT2D eigenvalue weighted by molar-refractivity contribution is 5.28. The molecule has 94 valence electrons. The normalized spacial score (nSPS) is 25.4. The Morgan fingerprint density at radius 2 is 2.24 bits per heavy atom. The summed E-state index contributed by atoms with van der Waals surface area (Å²) in [7, 11) is 0. The summed E-state index contributed by atoms with van der Waals surface area (Å²) in [5, 5.41) is 0. The van der Waals surface area contributed by atoms with Gasteiger partial charge in [0, 0.05) is 6.04 Å². The molecule has 0 amide bonds. The monoisotopic (exact) mass is 236 g/mol. The molecule has 0 aliphatic carbocycles. The Labute approximate surface area is 103 Å². The molecule has 1 aliphatic rings. The maximum atomic E-state index is 13.3. The van der Waals surface area contributed by atoms with Crippen LogP contribution in [0.1, 0.15) is 30.5 Å². The molecule has 1 aromatic carbocycles. The molecule has 17 heavy (non-hydrogen) atoms. The molecular formula is C14H21FN2. The van der Waals surface area contributed by atoms with Gasteiger partial charge in [-0.15, -0.1) is 0 Å². The van der Waals surface area contributed by atoms with Crippen molar-refractivity contribution in [3.63, 3.8) is 0 Å². The van der Waals surface area contributed by atoms with Crippen LogP contribution in [0.25, 0.3) is 0 Å². The molecular weight excluding hydrogens is 215 g/mol. The van der Waals surface area contributed by atoms with E-state index in [2.05, 4.69) is 11.8 Å². The van der Waals surface area contributed by atoms with E-state index >= 15 is 0 Å². The maximum Gasteiger partial charge on any atom is 0.126 e. The molecule has 1 fully saturated rings. The molecule has 3 heteroatoms. The summed E-state index contributed by atoms with van der Waals surface area (Å²) in [5.41, 5.74) is 7.78. The van der Waals surface area contributed by atoms with Gasteiger partial charge in [0.1, 0.15) is 5.82 Å². The fraction of sp³-hybridized carbons (Fsp3) is 0.571. The van der Waals surface area contributed by atoms with Crippen LogP contribution in [0, 0.1) is 18.7 Å². The van der Waals surface area contributed by atoms with Crippen molar-refractivity contribution in [2.75, 3.05) is 19.6 Å². The Morgan fingerprint density at radius 3 is 2.82 bits per heavy atom. The average molecular weight is 236 g/mol. The van der Waals surface area contributed by atoms with Gasteiger partial charge in [0.05, 0.1) is 0 Å². The van der Waals surface area contributed by atoms with Crippen LogP contribution >= 0.6 is 0 Å². The van der Waals surface area contributed by atoms with Crippen molar-refractivity contribution in [2.45, 2.75) is 26.3 Å². The molecule has 2 unspecified atom stereocenters. The molecule has 0 saturated carbocycles. The Bertz CT molecular complexity index is 380. The molecule has 1 aliphatic heterocycles. The van der Waals surface area contributed by atoms with Crippen LogP contribution in [-0.4, -0.2) is 24.5 Å². The second-order valence-electron chi connectivity index (χ2n) is 4.87. The first kappa shape index (κ1) is 12.5. The number of hydrogen-bond acceptors (Lipinski definition) is 2. The molecule has 1 heterocycles. The van der Waals surface area contributed by atoms with Gasteiger partial charge in [-0.05, 0) is 56.1 Å². The van der Waals surface area contributed by atoms with Crippen LogP contribution in [0.2, 0.25) is 0 Å². The van der Waals surface area contributed by atoms with Crippen LogP contribution in [0.15, 0.2) is 18.2 Å². The smallest absolute Gasteiger partial charge is 0.126 e. The lowest BCUT2D eigenvalue weighted by molar-refractivity contribution is 0.241. The van der Waals surface area contributed by atoms with Gasteiger partial charge >= 0.3 is 0 Å². The van der Waals surface area contributed by atoms with Gasteiger partial charge in [-0.2, -0.15) is 0 Å². The van der Waals surface area contributed by atoms with Gasteiger partial charge in [-0.25, -0.2) is 4.39 Å². The Kier molecular flexibility index (Phi) is 3.79. The molecule has 2 nitrogen and oxygen atoms in total. The summed E-state index contributed by atoms with van der Waals surface area (Å²) in [6.07, 6.45) is 1.14. The van der Waals surface area contributed by atoms with Crippen LogP contribution in [-0.2, 0) is 0 Å². The van der Waals surface area contributed by atoms with Crippen LogP contribution in [0.4, 0.5) is 4.39 Å². The zero-order valence-electron chi connectivity index (χ0n) is 10.6. The van der Waals surface area contributed by atoms with E-state index in [-0.39, 0.29) is 5.82 Å². The molecule has 0 spiro atoms. The third kappa shape index (κ3) is 2.35. The zero-order valence-corrected chi connectivity index (χ0v) is 10.6. The van der Waals surface area contributed by atoms with Crippen molar-refractivity contribution < 1.29 is 4.39 Å². The van der Waals surface area contributed by atoms with Crippen LogP contribution < -0.4 is 5.73 Å². The topological polar surface area (TPSA) is 29.3 Å². The Morgan fingerprint density at radius 1 is 1.47 bits per heavy atom. The largest absolute Gasteiger partial charge is 0.330 e. The first-order valence-corrected chi connectivity index (χ1v) is 6.37.